The van der Waals surface area contributed by atoms with Gasteiger partial charge in [0.2, 0.25) is 0 Å². The molecule has 0 radical (unpaired) electrons. The largest absolute Gasteiger partial charge is 0.310 e. The summed E-state index contributed by atoms with van der Waals surface area (Å²) >= 11 is 0. The fraction of sp³-hybridized carbons (Fsp3) is 0.600. The fourth-order valence-electron chi connectivity index (χ4n) is 2.03. The molecule has 0 aliphatic heterocycles. The quantitative estimate of drug-likeness (QED) is 0.728. The summed E-state index contributed by atoms with van der Waals surface area (Å²) in [6, 6.07) is 9.61. The Kier molecular flexibility index (Phi) is 6.17. The van der Waals surface area contributed by atoms with Crippen LogP contribution in [0.3, 0.4) is 0 Å². The van der Waals surface area contributed by atoms with E-state index in [1.165, 1.54) is 30.4 Å². The maximum atomic E-state index is 3.57. The molecule has 1 heteroatoms. The Bertz CT molecular complexity index is 276. The van der Waals surface area contributed by atoms with Crippen molar-refractivity contribution < 1.29 is 0 Å². The number of nitrogens with one attached hydrogen (secondary N) is 1. The lowest BCUT2D eigenvalue weighted by molar-refractivity contribution is 0.494. The van der Waals surface area contributed by atoms with Gasteiger partial charge in [-0.3, -0.25) is 0 Å². The van der Waals surface area contributed by atoms with Crippen LogP contribution >= 0.6 is 0 Å². The van der Waals surface area contributed by atoms with Crippen LogP contribution in [0.5, 0.6) is 0 Å². The van der Waals surface area contributed by atoms with Crippen molar-refractivity contribution in [2.24, 2.45) is 0 Å². The molecule has 90 valence electrons. The third-order valence-corrected chi connectivity index (χ3v) is 3.09. The summed E-state index contributed by atoms with van der Waals surface area (Å²) in [6.45, 7) is 7.68. The van der Waals surface area contributed by atoms with Gasteiger partial charge >= 0.3 is 0 Å². The van der Waals surface area contributed by atoms with Crippen molar-refractivity contribution in [3.05, 3.63) is 35.4 Å². The summed E-state index contributed by atoms with van der Waals surface area (Å²) in [7, 11) is 0. The zero-order valence-corrected chi connectivity index (χ0v) is 10.9. The summed E-state index contributed by atoms with van der Waals surface area (Å²) in [5.41, 5.74) is 2.86. The molecule has 0 heterocycles. The topological polar surface area (TPSA) is 12.0 Å². The van der Waals surface area contributed by atoms with Gasteiger partial charge in [0, 0.05) is 6.04 Å². The Labute approximate surface area is 100 Å². The minimum atomic E-state index is 0.538. The Morgan fingerprint density at radius 3 is 2.25 bits per heavy atom. The summed E-state index contributed by atoms with van der Waals surface area (Å²) in [4.78, 5) is 0. The summed E-state index contributed by atoms with van der Waals surface area (Å²) in [5, 5.41) is 3.57. The Morgan fingerprint density at radius 2 is 1.75 bits per heavy atom. The first-order valence-electron chi connectivity index (χ1n) is 6.64. The van der Waals surface area contributed by atoms with Crippen LogP contribution < -0.4 is 5.32 Å². The minimum absolute atomic E-state index is 0.538. The molecular formula is C15H25N. The average Bonchev–Trinajstić information content (AvgIpc) is 2.35. The van der Waals surface area contributed by atoms with Crippen LogP contribution in [-0.4, -0.2) is 6.54 Å². The molecule has 1 N–H and O–H groups in total. The van der Waals surface area contributed by atoms with E-state index in [0.29, 0.717) is 6.04 Å². The van der Waals surface area contributed by atoms with E-state index in [1.54, 1.807) is 0 Å². The first kappa shape index (κ1) is 13.2. The molecule has 0 amide bonds. The van der Waals surface area contributed by atoms with Gasteiger partial charge < -0.3 is 5.32 Å². The van der Waals surface area contributed by atoms with E-state index < -0.39 is 0 Å². The standard InChI is InChI=1S/C15H25N/c1-4-7-8-15(16-6-3)14-11-9-13(5-2)10-12-14/h9-12,15-16H,4-8H2,1-3H3. The zero-order valence-electron chi connectivity index (χ0n) is 10.9. The van der Waals surface area contributed by atoms with Crippen molar-refractivity contribution in [2.45, 2.75) is 52.5 Å². The highest BCUT2D eigenvalue weighted by Gasteiger charge is 2.08. The van der Waals surface area contributed by atoms with Crippen LogP contribution in [0.25, 0.3) is 0 Å². The molecule has 0 spiro atoms. The van der Waals surface area contributed by atoms with Crippen molar-refractivity contribution in [3.8, 4) is 0 Å². The van der Waals surface area contributed by atoms with Crippen molar-refractivity contribution in [1.82, 2.24) is 5.32 Å². The van der Waals surface area contributed by atoms with Crippen LogP contribution in [0.2, 0.25) is 0 Å². The SMILES string of the molecule is CCCCC(NCC)c1ccc(CC)cc1. The van der Waals surface area contributed by atoms with E-state index in [-0.39, 0.29) is 0 Å². The van der Waals surface area contributed by atoms with Gasteiger partial charge in [0.15, 0.2) is 0 Å². The van der Waals surface area contributed by atoms with Crippen molar-refractivity contribution >= 4 is 0 Å². The van der Waals surface area contributed by atoms with Gasteiger partial charge in [0.1, 0.15) is 0 Å². The van der Waals surface area contributed by atoms with Gasteiger partial charge in [-0.25, -0.2) is 0 Å². The van der Waals surface area contributed by atoms with Gasteiger partial charge in [-0.05, 0) is 30.5 Å². The smallest absolute Gasteiger partial charge is 0.0320 e. The summed E-state index contributed by atoms with van der Waals surface area (Å²) in [5.74, 6) is 0. The second-order valence-electron chi connectivity index (χ2n) is 4.35. The molecule has 0 saturated carbocycles. The molecule has 0 fully saturated rings. The molecule has 1 aromatic rings. The Hall–Kier alpha value is -0.820. The zero-order chi connectivity index (χ0) is 11.8. The first-order valence-corrected chi connectivity index (χ1v) is 6.64. The number of rotatable bonds is 7. The molecule has 1 unspecified atom stereocenters. The van der Waals surface area contributed by atoms with E-state index >= 15 is 0 Å². The van der Waals surface area contributed by atoms with Crippen LogP contribution in [0.15, 0.2) is 24.3 Å². The fourth-order valence-corrected chi connectivity index (χ4v) is 2.03. The van der Waals surface area contributed by atoms with Crippen LogP contribution in [0.4, 0.5) is 0 Å². The highest BCUT2D eigenvalue weighted by molar-refractivity contribution is 5.25. The monoisotopic (exact) mass is 219 g/mol. The minimum Gasteiger partial charge on any atom is -0.310 e. The van der Waals surface area contributed by atoms with Crippen molar-refractivity contribution in [3.63, 3.8) is 0 Å². The van der Waals surface area contributed by atoms with E-state index in [2.05, 4.69) is 50.4 Å². The lowest BCUT2D eigenvalue weighted by atomic mass is 9.99. The van der Waals surface area contributed by atoms with Gasteiger partial charge in [0.05, 0.1) is 0 Å². The van der Waals surface area contributed by atoms with Crippen LogP contribution in [-0.2, 0) is 6.42 Å². The van der Waals surface area contributed by atoms with Crippen molar-refractivity contribution in [2.75, 3.05) is 6.54 Å². The second-order valence-corrected chi connectivity index (χ2v) is 4.35. The van der Waals surface area contributed by atoms with Gasteiger partial charge in [-0.1, -0.05) is 57.9 Å². The van der Waals surface area contributed by atoms with E-state index in [9.17, 15) is 0 Å². The first-order chi connectivity index (χ1) is 7.81. The molecule has 16 heavy (non-hydrogen) atoms. The maximum absolute atomic E-state index is 3.57. The summed E-state index contributed by atoms with van der Waals surface area (Å²) < 4.78 is 0. The number of aryl methyl sites for hydroxylation is 1. The maximum Gasteiger partial charge on any atom is 0.0320 e. The lowest BCUT2D eigenvalue weighted by Crippen LogP contribution is -2.20. The summed E-state index contributed by atoms with van der Waals surface area (Å²) in [6.07, 6.45) is 4.94. The van der Waals surface area contributed by atoms with E-state index in [1.807, 2.05) is 0 Å². The predicted molar refractivity (Wildman–Crippen MR) is 71.8 cm³/mol. The average molecular weight is 219 g/mol. The third kappa shape index (κ3) is 3.97. The molecule has 0 aliphatic carbocycles. The van der Waals surface area contributed by atoms with Crippen LogP contribution in [0.1, 0.15) is 57.2 Å². The highest BCUT2D eigenvalue weighted by Crippen LogP contribution is 2.20. The van der Waals surface area contributed by atoms with Crippen LogP contribution in [0, 0.1) is 0 Å². The Morgan fingerprint density at radius 1 is 1.06 bits per heavy atom. The van der Waals surface area contributed by atoms with Gasteiger partial charge in [0.25, 0.3) is 0 Å². The van der Waals surface area contributed by atoms with Gasteiger partial charge in [-0.15, -0.1) is 0 Å². The lowest BCUT2D eigenvalue weighted by Gasteiger charge is -2.18. The molecular weight excluding hydrogens is 194 g/mol. The van der Waals surface area contributed by atoms with Crippen molar-refractivity contribution in [1.29, 1.82) is 0 Å². The second kappa shape index (κ2) is 7.45. The third-order valence-electron chi connectivity index (χ3n) is 3.09. The molecule has 1 atom stereocenters. The molecule has 0 aliphatic rings. The molecule has 0 bridgehead atoms. The number of unbranched alkanes of at least 4 members (excludes halogenated alkanes) is 1. The number of hydrogen-bond donors (Lipinski definition) is 1. The van der Waals surface area contributed by atoms with E-state index in [0.717, 1.165) is 13.0 Å². The predicted octanol–water partition coefficient (Wildman–Crippen LogP) is 4.09. The Balaban J connectivity index is 2.67. The number of hydrogen-bond acceptors (Lipinski definition) is 1. The molecule has 0 aromatic heterocycles. The van der Waals surface area contributed by atoms with Gasteiger partial charge in [-0.2, -0.15) is 0 Å². The molecule has 1 nitrogen and oxygen atoms in total. The normalized spacial score (nSPS) is 12.7. The highest BCUT2D eigenvalue weighted by atomic mass is 14.9. The molecule has 1 rings (SSSR count). The molecule has 1 aromatic carbocycles. The van der Waals surface area contributed by atoms with E-state index in [4.69, 9.17) is 0 Å². The number of benzene rings is 1. The molecule has 0 saturated heterocycles.